The molecule has 2 fully saturated rings. The Morgan fingerprint density at radius 2 is 2.03 bits per heavy atom. The summed E-state index contributed by atoms with van der Waals surface area (Å²) in [5.74, 6) is -1.50. The van der Waals surface area contributed by atoms with E-state index in [1.807, 2.05) is 11.0 Å². The maximum atomic E-state index is 15.1. The highest BCUT2D eigenvalue weighted by atomic mass is 19.1. The predicted octanol–water partition coefficient (Wildman–Crippen LogP) is 5.58. The van der Waals surface area contributed by atoms with Crippen molar-refractivity contribution < 1.29 is 23.8 Å². The first-order valence-electron chi connectivity index (χ1n) is 14.1. The van der Waals surface area contributed by atoms with Crippen LogP contribution in [0, 0.1) is 5.82 Å². The first-order chi connectivity index (χ1) is 18.1. The molecule has 0 spiro atoms. The normalized spacial score (nSPS) is 23.1. The molecular formula is C30H39FN2O4. The lowest BCUT2D eigenvalue weighted by atomic mass is 9.91. The van der Waals surface area contributed by atoms with Crippen molar-refractivity contribution in [2.75, 3.05) is 26.3 Å². The summed E-state index contributed by atoms with van der Waals surface area (Å²) < 4.78 is 27.1. The van der Waals surface area contributed by atoms with E-state index in [2.05, 4.69) is 12.1 Å². The predicted molar refractivity (Wildman–Crippen MR) is 139 cm³/mol. The van der Waals surface area contributed by atoms with Gasteiger partial charge < -0.3 is 14.6 Å². The zero-order valence-corrected chi connectivity index (χ0v) is 21.7. The summed E-state index contributed by atoms with van der Waals surface area (Å²) in [6, 6.07) is 8.22. The van der Waals surface area contributed by atoms with Crippen LogP contribution in [0.5, 0.6) is 0 Å². The van der Waals surface area contributed by atoms with Crippen LogP contribution < -0.4 is 0 Å². The summed E-state index contributed by atoms with van der Waals surface area (Å²) in [6.07, 6.45) is 10.9. The van der Waals surface area contributed by atoms with Crippen molar-refractivity contribution in [1.82, 2.24) is 9.88 Å². The number of pyridine rings is 1. The number of likely N-dealkylation sites (tertiary alicyclic amines) is 1. The quantitative estimate of drug-likeness (QED) is 0.421. The van der Waals surface area contributed by atoms with Crippen molar-refractivity contribution in [2.24, 2.45) is 0 Å². The van der Waals surface area contributed by atoms with Gasteiger partial charge in [-0.05, 0) is 93.9 Å². The molecule has 2 unspecified atom stereocenters. The molecule has 2 aliphatic heterocycles. The number of hydrogen-bond donors (Lipinski definition) is 1. The second-order valence-corrected chi connectivity index (χ2v) is 10.7. The zero-order chi connectivity index (χ0) is 25.6. The minimum absolute atomic E-state index is 0.0372. The first kappa shape index (κ1) is 26.3. The summed E-state index contributed by atoms with van der Waals surface area (Å²) in [5, 5.41) is 10.2. The average molecular weight is 511 g/mol. The third-order valence-electron chi connectivity index (χ3n) is 8.08. The van der Waals surface area contributed by atoms with Crippen LogP contribution in [-0.2, 0) is 33.5 Å². The van der Waals surface area contributed by atoms with Gasteiger partial charge in [0.1, 0.15) is 11.9 Å². The van der Waals surface area contributed by atoms with Crippen molar-refractivity contribution in [1.29, 1.82) is 0 Å². The lowest BCUT2D eigenvalue weighted by molar-refractivity contribution is -0.143. The molecule has 0 amide bonds. The molecule has 0 bridgehead atoms. The molecule has 200 valence electrons. The van der Waals surface area contributed by atoms with E-state index in [0.717, 1.165) is 57.8 Å². The van der Waals surface area contributed by atoms with E-state index in [0.29, 0.717) is 31.9 Å². The van der Waals surface area contributed by atoms with Crippen LogP contribution >= 0.6 is 0 Å². The third-order valence-corrected chi connectivity index (χ3v) is 8.08. The number of benzene rings is 1. The van der Waals surface area contributed by atoms with Crippen LogP contribution in [0.25, 0.3) is 0 Å². The van der Waals surface area contributed by atoms with Crippen LogP contribution in [0.3, 0.4) is 0 Å². The summed E-state index contributed by atoms with van der Waals surface area (Å²) in [4.78, 5) is 19.1. The topological polar surface area (TPSA) is 71.9 Å². The molecule has 5 rings (SSSR count). The highest BCUT2D eigenvalue weighted by Crippen LogP contribution is 2.37. The summed E-state index contributed by atoms with van der Waals surface area (Å²) in [6.45, 7) is 2.32. The lowest BCUT2D eigenvalue weighted by Gasteiger charge is -2.30. The van der Waals surface area contributed by atoms with Crippen molar-refractivity contribution in [2.45, 2.75) is 88.9 Å². The number of fused-ring (bicyclic) bond motifs is 1. The van der Waals surface area contributed by atoms with Crippen LogP contribution in [0.4, 0.5) is 4.39 Å². The number of nitrogens with zero attached hydrogens (tertiary/aromatic N) is 2. The second kappa shape index (κ2) is 12.5. The number of aromatic nitrogens is 1. The molecule has 7 heteroatoms. The van der Waals surface area contributed by atoms with E-state index in [1.54, 1.807) is 6.07 Å². The summed E-state index contributed by atoms with van der Waals surface area (Å²) in [5.41, 5.74) is 4.79. The first-order valence-corrected chi connectivity index (χ1v) is 14.1. The van der Waals surface area contributed by atoms with Crippen molar-refractivity contribution in [3.63, 3.8) is 0 Å². The molecule has 37 heavy (non-hydrogen) atoms. The molecule has 1 aromatic carbocycles. The van der Waals surface area contributed by atoms with Crippen LogP contribution in [-0.4, -0.2) is 53.4 Å². The van der Waals surface area contributed by atoms with Gasteiger partial charge in [-0.3, -0.25) is 14.7 Å². The third kappa shape index (κ3) is 6.39. The van der Waals surface area contributed by atoms with Crippen LogP contribution in [0.2, 0.25) is 0 Å². The molecule has 0 radical (unpaired) electrons. The lowest BCUT2D eigenvalue weighted by Crippen LogP contribution is -2.35. The van der Waals surface area contributed by atoms with E-state index in [1.165, 1.54) is 35.9 Å². The number of aliphatic carboxylic acids is 1. The molecule has 1 aliphatic carbocycles. The molecule has 1 N–H and O–H groups in total. The van der Waals surface area contributed by atoms with Crippen molar-refractivity contribution in [3.8, 4) is 0 Å². The van der Waals surface area contributed by atoms with Gasteiger partial charge in [-0.1, -0.05) is 18.2 Å². The largest absolute Gasteiger partial charge is 0.480 e. The fourth-order valence-corrected chi connectivity index (χ4v) is 6.12. The van der Waals surface area contributed by atoms with E-state index < -0.39 is 17.8 Å². The van der Waals surface area contributed by atoms with E-state index in [4.69, 9.17) is 14.5 Å². The molecule has 0 saturated carbocycles. The number of rotatable bonds is 10. The Balaban J connectivity index is 1.14. The standard InChI is InChI=1S/C30H39FN2O4/c31-25-11-7-10-24(27-13-4-6-19-37-27)28(25)29(30(34)35)33-17-16-23(20-33)36-18-5-3-9-22-15-14-21-8-1-2-12-26(21)32-22/h7,10-11,14-15,23,27,29H,1-6,8-9,12-13,16-20H2,(H,34,35)/t23-,27?,29?/m1/s1. The number of hydrogen-bond acceptors (Lipinski definition) is 5. The minimum Gasteiger partial charge on any atom is -0.480 e. The fraction of sp³-hybridized carbons (Fsp3) is 0.600. The highest BCUT2D eigenvalue weighted by Gasteiger charge is 2.38. The molecule has 6 nitrogen and oxygen atoms in total. The Bertz CT molecular complexity index is 1070. The van der Waals surface area contributed by atoms with Crippen LogP contribution in [0.15, 0.2) is 30.3 Å². The summed E-state index contributed by atoms with van der Waals surface area (Å²) >= 11 is 0. The Hall–Kier alpha value is -2.35. The Kier molecular flexibility index (Phi) is 8.85. The monoisotopic (exact) mass is 510 g/mol. The molecule has 3 aliphatic rings. The number of aryl methyl sites for hydroxylation is 3. The Morgan fingerprint density at radius 3 is 2.86 bits per heavy atom. The van der Waals surface area contributed by atoms with E-state index in [9.17, 15) is 9.90 Å². The van der Waals surface area contributed by atoms with Crippen LogP contribution in [0.1, 0.15) is 91.6 Å². The van der Waals surface area contributed by atoms with Gasteiger partial charge in [0.2, 0.25) is 0 Å². The average Bonchev–Trinajstić information content (AvgIpc) is 3.38. The van der Waals surface area contributed by atoms with E-state index >= 15 is 4.39 Å². The number of ether oxygens (including phenoxy) is 2. The number of carbonyl (C=O) groups is 1. The zero-order valence-electron chi connectivity index (χ0n) is 21.7. The van der Waals surface area contributed by atoms with Crippen molar-refractivity contribution in [3.05, 3.63) is 64.2 Å². The SMILES string of the molecule is O=C(O)C(c1c(F)cccc1C1CCCCO1)N1CC[C@@H](OCCCCc2ccc3c(n2)CCCC3)C1. The van der Waals surface area contributed by atoms with Gasteiger partial charge in [-0.25, -0.2) is 4.39 Å². The minimum atomic E-state index is -1.04. The van der Waals surface area contributed by atoms with Gasteiger partial charge in [0, 0.05) is 43.3 Å². The molecule has 2 saturated heterocycles. The van der Waals surface area contributed by atoms with Gasteiger partial charge >= 0.3 is 5.97 Å². The Morgan fingerprint density at radius 1 is 1.14 bits per heavy atom. The summed E-state index contributed by atoms with van der Waals surface area (Å²) in [7, 11) is 0. The molecule has 3 heterocycles. The highest BCUT2D eigenvalue weighted by molar-refractivity contribution is 5.76. The molecular weight excluding hydrogens is 471 g/mol. The van der Waals surface area contributed by atoms with E-state index in [-0.39, 0.29) is 17.8 Å². The maximum absolute atomic E-state index is 15.1. The molecule has 1 aromatic heterocycles. The van der Waals surface area contributed by atoms with Gasteiger partial charge in [0.05, 0.1) is 12.2 Å². The number of carboxylic acids is 1. The van der Waals surface area contributed by atoms with Gasteiger partial charge in [0.15, 0.2) is 0 Å². The van der Waals surface area contributed by atoms with Gasteiger partial charge in [-0.2, -0.15) is 0 Å². The van der Waals surface area contributed by atoms with Gasteiger partial charge in [0.25, 0.3) is 0 Å². The fourth-order valence-electron chi connectivity index (χ4n) is 6.12. The molecule has 3 atom stereocenters. The maximum Gasteiger partial charge on any atom is 0.325 e. The number of halogens is 1. The number of carboxylic acid groups (broad SMARTS) is 1. The molecule has 2 aromatic rings. The van der Waals surface area contributed by atoms with Gasteiger partial charge in [-0.15, -0.1) is 0 Å². The smallest absolute Gasteiger partial charge is 0.325 e. The number of unbranched alkanes of at least 4 members (excludes halogenated alkanes) is 1. The second-order valence-electron chi connectivity index (χ2n) is 10.7. The van der Waals surface area contributed by atoms with Crippen molar-refractivity contribution >= 4 is 5.97 Å². The Labute approximate surface area is 219 Å².